The molecule has 1 N–H and O–H groups in total. The molecular weight excluding hydrogens is 316 g/mol. The second-order valence-corrected chi connectivity index (χ2v) is 5.23. The first-order chi connectivity index (χ1) is 11.5. The maximum atomic E-state index is 13.5. The number of nitrogens with one attached hydrogen (secondary N) is 1. The third-order valence-electron chi connectivity index (χ3n) is 3.58. The molecule has 1 aromatic heterocycles. The van der Waals surface area contributed by atoms with Crippen molar-refractivity contribution in [2.24, 2.45) is 0 Å². The summed E-state index contributed by atoms with van der Waals surface area (Å²) in [7, 11) is 0. The van der Waals surface area contributed by atoms with Gasteiger partial charge in [-0.3, -0.25) is 4.79 Å². The van der Waals surface area contributed by atoms with Crippen molar-refractivity contribution in [1.29, 1.82) is 0 Å². The van der Waals surface area contributed by atoms with Crippen LogP contribution in [0.25, 0.3) is 11.0 Å². The van der Waals surface area contributed by atoms with Crippen molar-refractivity contribution in [3.8, 4) is 0 Å². The summed E-state index contributed by atoms with van der Waals surface area (Å²) in [6.07, 6.45) is 0.177. The number of carbonyl (C=O) groups is 1. The van der Waals surface area contributed by atoms with Gasteiger partial charge in [0.1, 0.15) is 22.8 Å². The average Bonchev–Trinajstić information content (AvgIpc) is 2.56. The van der Waals surface area contributed by atoms with Crippen molar-refractivity contribution in [1.82, 2.24) is 5.32 Å². The lowest BCUT2D eigenvalue weighted by atomic mass is 10.1. The standard InChI is InChI=1S/C18H13F2NO3/c19-13-6-5-11(15(20)10-13)7-8-21-17(22)14-9-12-3-1-2-4-16(12)24-18(14)23/h1-6,9-10H,7-8H2,(H,21,22). The number of amides is 1. The highest BCUT2D eigenvalue weighted by atomic mass is 19.1. The Morgan fingerprint density at radius 2 is 1.88 bits per heavy atom. The van der Waals surface area contributed by atoms with Gasteiger partial charge < -0.3 is 9.73 Å². The van der Waals surface area contributed by atoms with Gasteiger partial charge in [-0.1, -0.05) is 24.3 Å². The van der Waals surface area contributed by atoms with Gasteiger partial charge in [-0.15, -0.1) is 0 Å². The SMILES string of the molecule is O=C(NCCc1ccc(F)cc1F)c1cc2ccccc2oc1=O. The third-order valence-corrected chi connectivity index (χ3v) is 3.58. The smallest absolute Gasteiger partial charge is 0.349 e. The molecule has 2 aromatic carbocycles. The van der Waals surface area contributed by atoms with Crippen LogP contribution in [0.5, 0.6) is 0 Å². The second kappa shape index (κ2) is 6.62. The van der Waals surface area contributed by atoms with Gasteiger partial charge in [-0.2, -0.15) is 0 Å². The molecule has 4 nitrogen and oxygen atoms in total. The van der Waals surface area contributed by atoms with Crippen molar-refractivity contribution in [2.45, 2.75) is 6.42 Å². The van der Waals surface area contributed by atoms with E-state index >= 15 is 0 Å². The predicted molar refractivity (Wildman–Crippen MR) is 84.9 cm³/mol. The average molecular weight is 329 g/mol. The zero-order valence-corrected chi connectivity index (χ0v) is 12.5. The third kappa shape index (κ3) is 3.32. The molecule has 1 heterocycles. The van der Waals surface area contributed by atoms with Gasteiger partial charge in [0.2, 0.25) is 0 Å². The zero-order chi connectivity index (χ0) is 17.1. The normalized spacial score (nSPS) is 10.8. The Morgan fingerprint density at radius 3 is 2.67 bits per heavy atom. The molecule has 0 radical (unpaired) electrons. The lowest BCUT2D eigenvalue weighted by Crippen LogP contribution is -2.30. The van der Waals surface area contributed by atoms with Crippen molar-refractivity contribution < 1.29 is 18.0 Å². The van der Waals surface area contributed by atoms with Crippen LogP contribution in [0.3, 0.4) is 0 Å². The van der Waals surface area contributed by atoms with Gasteiger partial charge in [-0.05, 0) is 30.2 Å². The van der Waals surface area contributed by atoms with Crippen molar-refractivity contribution >= 4 is 16.9 Å². The van der Waals surface area contributed by atoms with Crippen LogP contribution in [0.2, 0.25) is 0 Å². The molecule has 0 bridgehead atoms. The van der Waals surface area contributed by atoms with Gasteiger partial charge in [-0.25, -0.2) is 13.6 Å². The fraction of sp³-hybridized carbons (Fsp3) is 0.111. The maximum Gasteiger partial charge on any atom is 0.349 e. The number of hydrogen-bond acceptors (Lipinski definition) is 3. The molecule has 0 fully saturated rings. The summed E-state index contributed by atoms with van der Waals surface area (Å²) in [5, 5.41) is 3.17. The van der Waals surface area contributed by atoms with Crippen LogP contribution in [0.1, 0.15) is 15.9 Å². The number of carbonyl (C=O) groups excluding carboxylic acids is 1. The Morgan fingerprint density at radius 1 is 1.08 bits per heavy atom. The molecule has 0 aliphatic rings. The van der Waals surface area contributed by atoms with Gasteiger partial charge in [0.15, 0.2) is 0 Å². The highest BCUT2D eigenvalue weighted by Gasteiger charge is 2.13. The molecule has 0 unspecified atom stereocenters. The molecule has 122 valence electrons. The van der Waals surface area contributed by atoms with E-state index in [0.29, 0.717) is 11.0 Å². The van der Waals surface area contributed by atoms with E-state index in [0.717, 1.165) is 12.1 Å². The van der Waals surface area contributed by atoms with Crippen molar-refractivity contribution in [3.05, 3.63) is 81.7 Å². The number of para-hydroxylation sites is 1. The van der Waals surface area contributed by atoms with E-state index in [1.54, 1.807) is 24.3 Å². The van der Waals surface area contributed by atoms with Crippen LogP contribution in [0.15, 0.2) is 57.7 Å². The van der Waals surface area contributed by atoms with Crippen LogP contribution in [0, 0.1) is 11.6 Å². The minimum absolute atomic E-state index is 0.105. The molecule has 0 saturated heterocycles. The molecule has 0 atom stereocenters. The number of fused-ring (bicyclic) bond motifs is 1. The first-order valence-corrected chi connectivity index (χ1v) is 7.29. The summed E-state index contributed by atoms with van der Waals surface area (Å²) in [4.78, 5) is 24.0. The first kappa shape index (κ1) is 15.9. The molecule has 0 aliphatic carbocycles. The highest BCUT2D eigenvalue weighted by Crippen LogP contribution is 2.13. The summed E-state index contributed by atoms with van der Waals surface area (Å²) in [5.41, 5.74) is -0.179. The second-order valence-electron chi connectivity index (χ2n) is 5.23. The first-order valence-electron chi connectivity index (χ1n) is 7.29. The van der Waals surface area contributed by atoms with Crippen LogP contribution in [0.4, 0.5) is 8.78 Å². The molecule has 3 rings (SSSR count). The van der Waals surface area contributed by atoms with Gasteiger partial charge in [0.25, 0.3) is 5.91 Å². The summed E-state index contributed by atoms with van der Waals surface area (Å²) < 4.78 is 31.4. The lowest BCUT2D eigenvalue weighted by Gasteiger charge is -2.06. The van der Waals surface area contributed by atoms with Crippen LogP contribution >= 0.6 is 0 Å². The molecule has 24 heavy (non-hydrogen) atoms. The summed E-state index contributed by atoms with van der Waals surface area (Å²) in [6.45, 7) is 0.105. The summed E-state index contributed by atoms with van der Waals surface area (Å²) in [6, 6.07) is 11.6. The van der Waals surface area contributed by atoms with E-state index in [9.17, 15) is 18.4 Å². The van der Waals surface area contributed by atoms with E-state index in [2.05, 4.69) is 5.32 Å². The van der Waals surface area contributed by atoms with E-state index in [-0.39, 0.29) is 24.1 Å². The van der Waals surface area contributed by atoms with E-state index < -0.39 is 23.2 Å². The number of benzene rings is 2. The number of halogens is 2. The number of rotatable bonds is 4. The molecule has 0 saturated carbocycles. The minimum Gasteiger partial charge on any atom is -0.422 e. The van der Waals surface area contributed by atoms with E-state index in [4.69, 9.17) is 4.42 Å². The maximum absolute atomic E-state index is 13.5. The Hall–Kier alpha value is -3.02. The zero-order valence-electron chi connectivity index (χ0n) is 12.5. The van der Waals surface area contributed by atoms with Crippen LogP contribution in [-0.2, 0) is 6.42 Å². The minimum atomic E-state index is -0.737. The Balaban J connectivity index is 1.71. The summed E-state index contributed by atoms with van der Waals surface area (Å²) in [5.74, 6) is -1.93. The Labute approximate surface area is 135 Å². The quantitative estimate of drug-likeness (QED) is 0.749. The monoisotopic (exact) mass is 329 g/mol. The van der Waals surface area contributed by atoms with Gasteiger partial charge >= 0.3 is 5.63 Å². The molecule has 6 heteroatoms. The van der Waals surface area contributed by atoms with Crippen LogP contribution < -0.4 is 10.9 Å². The van der Waals surface area contributed by atoms with Crippen LogP contribution in [-0.4, -0.2) is 12.5 Å². The van der Waals surface area contributed by atoms with E-state index in [1.165, 1.54) is 12.1 Å². The molecule has 1 amide bonds. The van der Waals surface area contributed by atoms with Crippen molar-refractivity contribution in [3.63, 3.8) is 0 Å². The Kier molecular flexibility index (Phi) is 4.37. The largest absolute Gasteiger partial charge is 0.422 e. The predicted octanol–water partition coefficient (Wildman–Crippen LogP) is 3.04. The highest BCUT2D eigenvalue weighted by molar-refractivity contribution is 5.96. The lowest BCUT2D eigenvalue weighted by molar-refractivity contribution is 0.0950. The number of hydrogen-bond donors (Lipinski definition) is 1. The van der Waals surface area contributed by atoms with Gasteiger partial charge in [0.05, 0.1) is 0 Å². The molecule has 0 aliphatic heterocycles. The molecule has 0 spiro atoms. The Bertz CT molecular complexity index is 966. The topological polar surface area (TPSA) is 59.3 Å². The molecular formula is C18H13F2NO3. The van der Waals surface area contributed by atoms with E-state index in [1.807, 2.05) is 0 Å². The van der Waals surface area contributed by atoms with Gasteiger partial charge in [0, 0.05) is 18.0 Å². The fourth-order valence-corrected chi connectivity index (χ4v) is 2.35. The fourth-order valence-electron chi connectivity index (χ4n) is 2.35. The molecule has 3 aromatic rings. The van der Waals surface area contributed by atoms with Crippen molar-refractivity contribution in [2.75, 3.05) is 6.54 Å². The summed E-state index contributed by atoms with van der Waals surface area (Å²) >= 11 is 0.